The molecule has 0 radical (unpaired) electrons. The minimum atomic E-state index is -1.06. The first-order valence-electron chi connectivity index (χ1n) is 31.1. The lowest BCUT2D eigenvalue weighted by Gasteiger charge is -2.37. The summed E-state index contributed by atoms with van der Waals surface area (Å²) in [6.07, 6.45) is 4.84. The number of esters is 1. The summed E-state index contributed by atoms with van der Waals surface area (Å²) >= 11 is 2.50. The number of benzene rings is 2. The minimum Gasteiger partial charge on any atom is -0.455 e. The van der Waals surface area contributed by atoms with Crippen molar-refractivity contribution >= 4 is 82.0 Å². The summed E-state index contributed by atoms with van der Waals surface area (Å²) in [6.45, 7) is 14.7. The first kappa shape index (κ1) is 72.1. The number of hydrogen-bond donors (Lipinski definition) is 2. The fraction of sp³-hybridized carbons (Fsp3) is 0.591. The van der Waals surface area contributed by atoms with Crippen molar-refractivity contribution in [2.45, 2.75) is 154 Å². The molecule has 88 heavy (non-hydrogen) atoms. The van der Waals surface area contributed by atoms with E-state index >= 15 is 4.79 Å². The Balaban J connectivity index is 1.36. The van der Waals surface area contributed by atoms with E-state index in [4.69, 9.17) is 15.5 Å². The Morgan fingerprint density at radius 1 is 0.773 bits per heavy atom. The quantitative estimate of drug-likeness (QED) is 0.0252. The molecule has 2 unspecified atom stereocenters. The van der Waals surface area contributed by atoms with E-state index in [9.17, 15) is 43.2 Å². The molecule has 0 spiro atoms. The summed E-state index contributed by atoms with van der Waals surface area (Å²) in [6, 6.07) is 15.8. The Bertz CT molecular complexity index is 2840. The van der Waals surface area contributed by atoms with Crippen LogP contribution in [-0.4, -0.2) is 191 Å². The number of ether oxygens (including phenoxy) is 1. The van der Waals surface area contributed by atoms with Crippen LogP contribution in [0.25, 0.3) is 0 Å². The van der Waals surface area contributed by atoms with Crippen LogP contribution in [0.4, 0.5) is 0 Å². The highest BCUT2D eigenvalue weighted by Gasteiger charge is 2.40. The molecule has 5 rings (SSSR count). The number of aromatic nitrogens is 1. The number of carbonyl (C=O) groups excluding carboxylic acids is 10. The molecule has 482 valence electrons. The topological polar surface area (TPSA) is 250 Å². The van der Waals surface area contributed by atoms with Gasteiger partial charge >= 0.3 is 5.97 Å². The second-order valence-electron chi connectivity index (χ2n) is 24.1. The third-order valence-electron chi connectivity index (χ3n) is 17.2. The third kappa shape index (κ3) is 20.7. The molecule has 0 bridgehead atoms. The molecule has 22 heteroatoms. The fourth-order valence-corrected chi connectivity index (χ4v) is 13.5. The molecule has 1 saturated heterocycles. The predicted octanol–water partition coefficient (Wildman–Crippen LogP) is 7.26. The number of rotatable bonds is 36. The summed E-state index contributed by atoms with van der Waals surface area (Å²) in [5.41, 5.74) is 6.75. The van der Waals surface area contributed by atoms with Crippen molar-refractivity contribution in [1.29, 1.82) is 0 Å². The number of carbonyl (C=O) groups is 10. The molecule has 20 nitrogen and oxygen atoms in total. The summed E-state index contributed by atoms with van der Waals surface area (Å²) in [7, 11) is 7.04. The summed E-state index contributed by atoms with van der Waals surface area (Å²) in [5.74, 6) is -5.02. The van der Waals surface area contributed by atoms with E-state index in [-0.39, 0.29) is 136 Å². The van der Waals surface area contributed by atoms with Gasteiger partial charge in [0.05, 0.1) is 12.1 Å². The van der Waals surface area contributed by atoms with Crippen LogP contribution in [0, 0.1) is 29.6 Å². The van der Waals surface area contributed by atoms with Crippen LogP contribution in [0.5, 0.6) is 0 Å². The van der Waals surface area contributed by atoms with Crippen LogP contribution >= 0.6 is 23.1 Å². The number of unbranched alkanes of at least 4 members (excludes halogenated alkanes) is 1. The van der Waals surface area contributed by atoms with E-state index in [0.29, 0.717) is 37.2 Å². The molecule has 1 aromatic heterocycles. The van der Waals surface area contributed by atoms with Crippen molar-refractivity contribution in [1.82, 2.24) is 39.7 Å². The van der Waals surface area contributed by atoms with Gasteiger partial charge in [-0.2, -0.15) is 0 Å². The van der Waals surface area contributed by atoms with Crippen LogP contribution in [0.2, 0.25) is 0 Å². The number of hydrogen-bond acceptors (Lipinski definition) is 16. The number of nitrogens with two attached hydrogens (primary N) is 1. The molecule has 2 aliphatic rings. The van der Waals surface area contributed by atoms with E-state index in [0.717, 1.165) is 33.1 Å². The van der Waals surface area contributed by atoms with Gasteiger partial charge in [0.15, 0.2) is 17.7 Å². The SMILES string of the molecule is CCC(C)[C@H](C(=O)CC(C(=O)N(C)[C@H](C[C@@H](OC(C)=O)c1nc(C(=O)N(C)[C@@H](CSc2ccccc2)C(=O)C[C@H](CCCCN)C(=O)N[C@@H](Cc2ccccc2)C(=O)N2CCN(C(=O)CCCN3C(=O)C=CC3=O)CC2)cs1)C(C)C)[C@@H](C)CC)N(C)C. The fourth-order valence-electron chi connectivity index (χ4n) is 11.6. The van der Waals surface area contributed by atoms with E-state index < -0.39 is 65.7 Å². The Labute approximate surface area is 529 Å². The van der Waals surface area contributed by atoms with Crippen molar-refractivity contribution in [2.24, 2.45) is 35.3 Å². The molecule has 3 N–H and O–H groups in total. The molecule has 9 atom stereocenters. The van der Waals surface area contributed by atoms with Gasteiger partial charge in [0, 0.05) is 132 Å². The number of amides is 7. The maximum Gasteiger partial charge on any atom is 0.303 e. The average Bonchev–Trinajstić information content (AvgIpc) is 4.17. The van der Waals surface area contributed by atoms with Crippen LogP contribution < -0.4 is 11.1 Å². The molecular formula is C66H95N9O11S2. The molecule has 3 aromatic rings. The zero-order valence-corrected chi connectivity index (χ0v) is 55.2. The maximum atomic E-state index is 15.0. The lowest BCUT2D eigenvalue weighted by molar-refractivity contribution is -0.150. The van der Waals surface area contributed by atoms with Gasteiger partial charge in [-0.1, -0.05) is 109 Å². The molecule has 0 saturated carbocycles. The van der Waals surface area contributed by atoms with Crippen LogP contribution in [0.1, 0.15) is 140 Å². The molecule has 7 amide bonds. The number of likely N-dealkylation sites (N-methyl/N-ethyl adjacent to an activating group) is 2. The van der Waals surface area contributed by atoms with Crippen molar-refractivity contribution < 1.29 is 52.7 Å². The van der Waals surface area contributed by atoms with Gasteiger partial charge in [-0.25, -0.2) is 4.98 Å². The number of Topliss-reactive ketones (excluding diaryl/α,β-unsaturated/α-hetero) is 2. The van der Waals surface area contributed by atoms with Crippen LogP contribution in [0.15, 0.2) is 83.1 Å². The van der Waals surface area contributed by atoms with E-state index in [1.54, 1.807) is 27.1 Å². The predicted molar refractivity (Wildman–Crippen MR) is 342 cm³/mol. The highest BCUT2D eigenvalue weighted by Crippen LogP contribution is 2.34. The molecule has 1 fully saturated rings. The maximum absolute atomic E-state index is 15.0. The highest BCUT2D eigenvalue weighted by molar-refractivity contribution is 7.99. The first-order chi connectivity index (χ1) is 41.9. The van der Waals surface area contributed by atoms with Gasteiger partial charge in [-0.05, 0) is 75.4 Å². The van der Waals surface area contributed by atoms with Gasteiger partial charge in [-0.3, -0.25) is 57.7 Å². The Hall–Kier alpha value is -6.62. The van der Waals surface area contributed by atoms with Gasteiger partial charge in [0.25, 0.3) is 17.7 Å². The summed E-state index contributed by atoms with van der Waals surface area (Å²) < 4.78 is 5.95. The van der Waals surface area contributed by atoms with Crippen LogP contribution in [-0.2, 0) is 54.3 Å². The van der Waals surface area contributed by atoms with Gasteiger partial charge < -0.3 is 35.4 Å². The lowest BCUT2D eigenvalue weighted by Crippen LogP contribution is -2.57. The zero-order chi connectivity index (χ0) is 64.8. The molecule has 3 heterocycles. The van der Waals surface area contributed by atoms with Crippen molar-refractivity contribution in [3.8, 4) is 0 Å². The Morgan fingerprint density at radius 2 is 1.39 bits per heavy atom. The van der Waals surface area contributed by atoms with E-state index in [2.05, 4.69) is 19.2 Å². The number of nitrogens with one attached hydrogen (secondary N) is 1. The number of piperazine rings is 1. The number of thioether (sulfide) groups is 1. The Morgan fingerprint density at radius 3 is 1.97 bits per heavy atom. The minimum absolute atomic E-state index is 0.00941. The number of nitrogens with zero attached hydrogens (tertiary/aromatic N) is 7. The smallest absolute Gasteiger partial charge is 0.303 e. The molecule has 0 aliphatic carbocycles. The van der Waals surface area contributed by atoms with Gasteiger partial charge in [0.2, 0.25) is 23.6 Å². The summed E-state index contributed by atoms with van der Waals surface area (Å²) in [5, 5.41) is 4.92. The Kier molecular flexibility index (Phi) is 29.1. The van der Waals surface area contributed by atoms with E-state index in [1.807, 2.05) is 107 Å². The largest absolute Gasteiger partial charge is 0.455 e. The molecular weight excluding hydrogens is 1160 g/mol. The number of thiazole rings is 1. The highest BCUT2D eigenvalue weighted by atomic mass is 32.2. The van der Waals surface area contributed by atoms with Crippen molar-refractivity contribution in [2.75, 3.05) is 73.2 Å². The zero-order valence-electron chi connectivity index (χ0n) is 53.5. The second-order valence-corrected chi connectivity index (χ2v) is 26.0. The molecule has 2 aromatic carbocycles. The van der Waals surface area contributed by atoms with Crippen molar-refractivity contribution in [3.05, 3.63) is 94.5 Å². The standard InChI is InChI=1S/C66H95N9O11S2/c1-12-44(5)50(39-56(78)61(70(8)9)45(6)13-2)64(83)71(10)53(43(3)4)40-57(86-46(7)76)63-69-52(41-88-63)65(84)72(11)54(42-87-49-26-18-15-19-27-49)55(77)38-48(25-20-21-31-67)62(82)68-51(37-47-23-16-14-17-24-47)66(85)74-35-33-73(34-36-74)58(79)28-22-32-75-59(80)29-30-60(75)81/h14-19,23-24,26-27,29-30,41,43-45,48,50-51,53-54,57,61H,12-13,20-22,25,28,31-40,42,67H2,1-11H3,(H,68,82)/t44-,45?,48-,50?,51-,53+,54-,57+,61+/m0/s1. The van der Waals surface area contributed by atoms with Crippen molar-refractivity contribution in [3.63, 3.8) is 0 Å². The number of imide groups is 1. The lowest BCUT2D eigenvalue weighted by atomic mass is 9.82. The van der Waals surface area contributed by atoms with Gasteiger partial charge in [-0.15, -0.1) is 23.1 Å². The second kappa shape index (κ2) is 35.5. The number of ketones is 2. The van der Waals surface area contributed by atoms with E-state index in [1.165, 1.54) is 42.8 Å². The average molecular weight is 1250 g/mol. The van der Waals surface area contributed by atoms with Crippen LogP contribution in [0.3, 0.4) is 0 Å². The normalized spacial score (nSPS) is 16.5. The first-order valence-corrected chi connectivity index (χ1v) is 33.0. The monoisotopic (exact) mass is 1250 g/mol. The van der Waals surface area contributed by atoms with Gasteiger partial charge in [0.1, 0.15) is 16.7 Å². The molecule has 2 aliphatic heterocycles. The summed E-state index contributed by atoms with van der Waals surface area (Å²) in [4.78, 5) is 153. The third-order valence-corrected chi connectivity index (χ3v) is 19.2.